The van der Waals surface area contributed by atoms with Crippen LogP contribution in [0.15, 0.2) is 12.7 Å². The molecule has 0 aliphatic heterocycles. The van der Waals surface area contributed by atoms with Gasteiger partial charge in [-0.05, 0) is 34.6 Å². The molecule has 0 aromatic heterocycles. The fourth-order valence-corrected chi connectivity index (χ4v) is 2.18. The minimum Gasteiger partial charge on any atom is -0.489 e. The molecule has 0 fully saturated rings. The molecule has 0 aliphatic rings. The Morgan fingerprint density at radius 1 is 0.792 bits per heavy atom. The predicted octanol–water partition coefficient (Wildman–Crippen LogP) is 3.68. The minimum absolute atomic E-state index is 0.174. The van der Waals surface area contributed by atoms with E-state index in [9.17, 15) is 4.79 Å². The van der Waals surface area contributed by atoms with Gasteiger partial charge >= 0.3 is 5.97 Å². The maximum Gasteiger partial charge on any atom is 0.335 e. The third kappa shape index (κ3) is 4.34. The average Bonchev–Trinajstić information content (AvgIpc) is 2.57. The van der Waals surface area contributed by atoms with E-state index in [1.165, 1.54) is 0 Å². The van der Waals surface area contributed by atoms with Crippen LogP contribution in [0.1, 0.15) is 33.3 Å². The van der Waals surface area contributed by atoms with Crippen molar-refractivity contribution in [2.75, 3.05) is 26.4 Å². The first-order valence-corrected chi connectivity index (χ1v) is 8.11. The summed E-state index contributed by atoms with van der Waals surface area (Å²) in [6, 6.07) is 0. The van der Waals surface area contributed by atoms with Gasteiger partial charge in [0.05, 0.1) is 26.4 Å². The SMILES string of the molecule is C=CC(=O)Oc1c(OCC)c(C)c(OCC)c(OCC)c1OCC. The van der Waals surface area contributed by atoms with Gasteiger partial charge in [-0.25, -0.2) is 4.79 Å². The summed E-state index contributed by atoms with van der Waals surface area (Å²) in [4.78, 5) is 11.8. The summed E-state index contributed by atoms with van der Waals surface area (Å²) in [5, 5.41) is 0. The standard InChI is InChI=1S/C18H26O6/c1-7-13(19)24-18-15(21-9-3)12(6)14(20-8-2)16(22-10-4)17(18)23-11-5/h7H,1,8-11H2,2-6H3. The summed E-state index contributed by atoms with van der Waals surface area (Å²) in [6.45, 7) is 14.3. The number of hydrogen-bond acceptors (Lipinski definition) is 6. The summed E-state index contributed by atoms with van der Waals surface area (Å²) in [5.41, 5.74) is 0.678. The Balaban J connectivity index is 3.71. The Morgan fingerprint density at radius 3 is 1.58 bits per heavy atom. The first kappa shape index (κ1) is 19.7. The van der Waals surface area contributed by atoms with E-state index < -0.39 is 5.97 Å². The van der Waals surface area contributed by atoms with Gasteiger partial charge in [0.2, 0.25) is 17.2 Å². The third-order valence-corrected chi connectivity index (χ3v) is 3.03. The van der Waals surface area contributed by atoms with Crippen LogP contribution in [0.5, 0.6) is 28.7 Å². The maximum atomic E-state index is 11.8. The molecule has 0 aliphatic carbocycles. The molecule has 0 heterocycles. The largest absolute Gasteiger partial charge is 0.489 e. The third-order valence-electron chi connectivity index (χ3n) is 3.03. The van der Waals surface area contributed by atoms with Crippen LogP contribution in [0.2, 0.25) is 0 Å². The number of benzene rings is 1. The lowest BCUT2D eigenvalue weighted by Gasteiger charge is -2.23. The predicted molar refractivity (Wildman–Crippen MR) is 91.7 cm³/mol. The lowest BCUT2D eigenvalue weighted by molar-refractivity contribution is -0.129. The molecule has 6 nitrogen and oxygen atoms in total. The molecule has 0 radical (unpaired) electrons. The van der Waals surface area contributed by atoms with Crippen molar-refractivity contribution < 1.29 is 28.5 Å². The van der Waals surface area contributed by atoms with Crippen molar-refractivity contribution in [3.8, 4) is 28.7 Å². The Morgan fingerprint density at radius 2 is 1.17 bits per heavy atom. The lowest BCUT2D eigenvalue weighted by atomic mass is 10.1. The molecule has 1 rings (SSSR count). The van der Waals surface area contributed by atoms with E-state index in [1.54, 1.807) is 0 Å². The number of rotatable bonds is 10. The molecular weight excluding hydrogens is 312 g/mol. The van der Waals surface area contributed by atoms with Gasteiger partial charge in [-0.3, -0.25) is 0 Å². The Labute approximate surface area is 143 Å². The number of carbonyl (C=O) groups excluding carboxylic acids is 1. The van der Waals surface area contributed by atoms with Gasteiger partial charge in [-0.1, -0.05) is 6.58 Å². The molecule has 1 aromatic carbocycles. The van der Waals surface area contributed by atoms with Gasteiger partial charge in [0.15, 0.2) is 11.5 Å². The Kier molecular flexibility index (Phi) is 7.95. The second-order valence-electron chi connectivity index (χ2n) is 4.63. The lowest BCUT2D eigenvalue weighted by Crippen LogP contribution is -2.11. The zero-order valence-electron chi connectivity index (χ0n) is 15.1. The maximum absolute atomic E-state index is 11.8. The molecule has 0 bridgehead atoms. The van der Waals surface area contributed by atoms with Gasteiger partial charge in [0.1, 0.15) is 0 Å². The first-order valence-electron chi connectivity index (χ1n) is 8.11. The highest BCUT2D eigenvalue weighted by Crippen LogP contribution is 2.53. The number of esters is 1. The van der Waals surface area contributed by atoms with Crippen molar-refractivity contribution in [2.24, 2.45) is 0 Å². The molecule has 0 unspecified atom stereocenters. The van der Waals surface area contributed by atoms with Crippen LogP contribution in [0, 0.1) is 6.92 Å². The van der Waals surface area contributed by atoms with Crippen LogP contribution in [-0.2, 0) is 4.79 Å². The molecular formula is C18H26O6. The molecule has 24 heavy (non-hydrogen) atoms. The van der Waals surface area contributed by atoms with E-state index in [0.717, 1.165) is 6.08 Å². The molecule has 0 N–H and O–H groups in total. The highest BCUT2D eigenvalue weighted by molar-refractivity contribution is 5.85. The van der Waals surface area contributed by atoms with Crippen LogP contribution in [0.4, 0.5) is 0 Å². The van der Waals surface area contributed by atoms with Crippen molar-refractivity contribution >= 4 is 5.97 Å². The summed E-state index contributed by atoms with van der Waals surface area (Å²) >= 11 is 0. The van der Waals surface area contributed by atoms with Crippen molar-refractivity contribution in [3.63, 3.8) is 0 Å². The Hall–Kier alpha value is -2.37. The molecule has 0 atom stereocenters. The van der Waals surface area contributed by atoms with E-state index >= 15 is 0 Å². The molecule has 134 valence electrons. The highest BCUT2D eigenvalue weighted by atomic mass is 16.6. The van der Waals surface area contributed by atoms with Gasteiger partial charge in [0, 0.05) is 11.6 Å². The van der Waals surface area contributed by atoms with E-state index in [4.69, 9.17) is 23.7 Å². The van der Waals surface area contributed by atoms with Crippen molar-refractivity contribution in [2.45, 2.75) is 34.6 Å². The normalized spacial score (nSPS) is 10.0. The zero-order valence-corrected chi connectivity index (χ0v) is 15.1. The second kappa shape index (κ2) is 9.70. The van der Waals surface area contributed by atoms with E-state index in [0.29, 0.717) is 49.2 Å². The monoisotopic (exact) mass is 338 g/mol. The van der Waals surface area contributed by atoms with E-state index in [2.05, 4.69) is 6.58 Å². The van der Waals surface area contributed by atoms with Crippen LogP contribution in [0.25, 0.3) is 0 Å². The smallest absolute Gasteiger partial charge is 0.335 e. The highest BCUT2D eigenvalue weighted by Gasteiger charge is 2.29. The summed E-state index contributed by atoms with van der Waals surface area (Å²) in [7, 11) is 0. The fourth-order valence-electron chi connectivity index (χ4n) is 2.18. The quantitative estimate of drug-likeness (QED) is 0.368. The minimum atomic E-state index is -0.608. The summed E-state index contributed by atoms with van der Waals surface area (Å²) in [6.07, 6.45) is 1.08. The number of carbonyl (C=O) groups is 1. The summed E-state index contributed by atoms with van der Waals surface area (Å²) in [5.74, 6) is 1.16. The van der Waals surface area contributed by atoms with Gasteiger partial charge in [0.25, 0.3) is 0 Å². The molecule has 1 aromatic rings. The van der Waals surface area contributed by atoms with Crippen molar-refractivity contribution in [3.05, 3.63) is 18.2 Å². The van der Waals surface area contributed by atoms with Crippen molar-refractivity contribution in [1.82, 2.24) is 0 Å². The molecule has 0 saturated carbocycles. The van der Waals surface area contributed by atoms with Crippen LogP contribution >= 0.6 is 0 Å². The summed E-state index contributed by atoms with van der Waals surface area (Å²) < 4.78 is 28.2. The van der Waals surface area contributed by atoms with E-state index in [1.807, 2.05) is 34.6 Å². The van der Waals surface area contributed by atoms with E-state index in [-0.39, 0.29) is 11.5 Å². The van der Waals surface area contributed by atoms with Crippen LogP contribution < -0.4 is 23.7 Å². The zero-order chi connectivity index (χ0) is 18.1. The van der Waals surface area contributed by atoms with Gasteiger partial charge in [-0.15, -0.1) is 0 Å². The second-order valence-corrected chi connectivity index (χ2v) is 4.63. The number of hydrogen-bond donors (Lipinski definition) is 0. The Bertz CT molecular complexity index is 580. The topological polar surface area (TPSA) is 63.2 Å². The van der Waals surface area contributed by atoms with Crippen LogP contribution in [0.3, 0.4) is 0 Å². The van der Waals surface area contributed by atoms with Crippen LogP contribution in [-0.4, -0.2) is 32.4 Å². The number of ether oxygens (including phenoxy) is 5. The molecule has 0 saturated heterocycles. The van der Waals surface area contributed by atoms with Crippen molar-refractivity contribution in [1.29, 1.82) is 0 Å². The molecule has 0 spiro atoms. The fraction of sp³-hybridized carbons (Fsp3) is 0.500. The van der Waals surface area contributed by atoms with Gasteiger partial charge in [-0.2, -0.15) is 0 Å². The first-order chi connectivity index (χ1) is 11.5. The average molecular weight is 338 g/mol. The van der Waals surface area contributed by atoms with Gasteiger partial charge < -0.3 is 23.7 Å². The molecule has 6 heteroatoms. The molecule has 0 amide bonds.